The van der Waals surface area contributed by atoms with Crippen LogP contribution >= 0.6 is 0 Å². The standard InChI is InChI=1S/C20H17F2N3O/c1-13-3-2-4-14(9-13)10-20(26)25-19-8-6-16(12-23-19)24-18-7-5-15(21)11-17(18)22/h2-9,11-12,24H,10H2,1H3,(H,23,25,26). The third-order valence-electron chi connectivity index (χ3n) is 3.69. The first-order valence-electron chi connectivity index (χ1n) is 8.03. The molecule has 26 heavy (non-hydrogen) atoms. The van der Waals surface area contributed by atoms with E-state index in [1.807, 2.05) is 31.2 Å². The number of benzene rings is 2. The minimum atomic E-state index is -0.694. The number of rotatable bonds is 5. The number of aryl methyl sites for hydroxylation is 1. The summed E-state index contributed by atoms with van der Waals surface area (Å²) >= 11 is 0. The van der Waals surface area contributed by atoms with Crippen LogP contribution in [0.2, 0.25) is 0 Å². The third kappa shape index (κ3) is 4.63. The molecule has 0 aliphatic carbocycles. The molecule has 0 aliphatic rings. The predicted molar refractivity (Wildman–Crippen MR) is 97.4 cm³/mol. The van der Waals surface area contributed by atoms with Gasteiger partial charge in [0.25, 0.3) is 0 Å². The van der Waals surface area contributed by atoms with Crippen molar-refractivity contribution in [3.63, 3.8) is 0 Å². The van der Waals surface area contributed by atoms with Crippen LogP contribution in [0.25, 0.3) is 0 Å². The van der Waals surface area contributed by atoms with Crippen molar-refractivity contribution in [2.45, 2.75) is 13.3 Å². The summed E-state index contributed by atoms with van der Waals surface area (Å²) in [4.78, 5) is 16.2. The average molecular weight is 353 g/mol. The molecule has 0 unspecified atom stereocenters. The first-order valence-corrected chi connectivity index (χ1v) is 8.03. The molecule has 4 nitrogen and oxygen atoms in total. The SMILES string of the molecule is Cc1cccc(CC(=O)Nc2ccc(Nc3ccc(F)cc3F)cn2)c1. The Kier molecular flexibility index (Phi) is 5.22. The number of hydrogen-bond acceptors (Lipinski definition) is 3. The van der Waals surface area contributed by atoms with E-state index in [0.29, 0.717) is 11.5 Å². The van der Waals surface area contributed by atoms with Gasteiger partial charge in [-0.05, 0) is 36.8 Å². The van der Waals surface area contributed by atoms with Crippen molar-refractivity contribution < 1.29 is 13.6 Å². The smallest absolute Gasteiger partial charge is 0.229 e. The molecule has 0 bridgehead atoms. The first-order chi connectivity index (χ1) is 12.5. The Morgan fingerprint density at radius 3 is 2.62 bits per heavy atom. The fraction of sp³-hybridized carbons (Fsp3) is 0.100. The number of carbonyl (C=O) groups excluding carboxylic acids is 1. The van der Waals surface area contributed by atoms with Crippen molar-refractivity contribution in [1.82, 2.24) is 4.98 Å². The lowest BCUT2D eigenvalue weighted by molar-refractivity contribution is -0.115. The zero-order chi connectivity index (χ0) is 18.5. The maximum Gasteiger partial charge on any atom is 0.229 e. The number of aromatic nitrogens is 1. The minimum Gasteiger partial charge on any atom is -0.352 e. The number of nitrogens with zero attached hydrogens (tertiary/aromatic N) is 1. The molecule has 0 atom stereocenters. The molecule has 6 heteroatoms. The summed E-state index contributed by atoms with van der Waals surface area (Å²) in [6.45, 7) is 1.97. The maximum atomic E-state index is 13.6. The average Bonchev–Trinajstić information content (AvgIpc) is 2.59. The summed E-state index contributed by atoms with van der Waals surface area (Å²) in [5.74, 6) is -1.11. The highest BCUT2D eigenvalue weighted by Crippen LogP contribution is 2.21. The van der Waals surface area contributed by atoms with Crippen LogP contribution in [0, 0.1) is 18.6 Å². The van der Waals surface area contributed by atoms with Gasteiger partial charge in [-0.1, -0.05) is 29.8 Å². The van der Waals surface area contributed by atoms with Crippen molar-refractivity contribution in [3.8, 4) is 0 Å². The Morgan fingerprint density at radius 1 is 1.08 bits per heavy atom. The van der Waals surface area contributed by atoms with E-state index in [0.717, 1.165) is 17.2 Å². The normalized spacial score (nSPS) is 10.4. The Bertz CT molecular complexity index is 927. The quantitative estimate of drug-likeness (QED) is 0.705. The second kappa shape index (κ2) is 7.74. The summed E-state index contributed by atoms with van der Waals surface area (Å²) in [5.41, 5.74) is 2.68. The van der Waals surface area contributed by atoms with Crippen molar-refractivity contribution in [2.75, 3.05) is 10.6 Å². The van der Waals surface area contributed by atoms with E-state index < -0.39 is 11.6 Å². The molecule has 3 rings (SSSR count). The molecule has 2 aromatic carbocycles. The highest BCUT2D eigenvalue weighted by atomic mass is 19.1. The van der Waals surface area contributed by atoms with Gasteiger partial charge in [0.05, 0.1) is 24.0 Å². The van der Waals surface area contributed by atoms with Gasteiger partial charge in [0.15, 0.2) is 0 Å². The van der Waals surface area contributed by atoms with E-state index in [1.165, 1.54) is 18.3 Å². The molecular formula is C20H17F2N3O. The monoisotopic (exact) mass is 353 g/mol. The second-order valence-electron chi connectivity index (χ2n) is 5.90. The number of halogens is 2. The van der Waals surface area contributed by atoms with Crippen LogP contribution in [0.15, 0.2) is 60.8 Å². The molecule has 0 spiro atoms. The summed E-state index contributed by atoms with van der Waals surface area (Å²) < 4.78 is 26.6. The van der Waals surface area contributed by atoms with E-state index in [2.05, 4.69) is 15.6 Å². The summed E-state index contributed by atoms with van der Waals surface area (Å²) in [7, 11) is 0. The zero-order valence-electron chi connectivity index (χ0n) is 14.1. The van der Waals surface area contributed by atoms with Crippen LogP contribution in [0.4, 0.5) is 26.0 Å². The Balaban J connectivity index is 1.61. The molecule has 2 N–H and O–H groups in total. The van der Waals surface area contributed by atoms with Gasteiger partial charge >= 0.3 is 0 Å². The van der Waals surface area contributed by atoms with Crippen molar-refractivity contribution in [2.24, 2.45) is 0 Å². The predicted octanol–water partition coefficient (Wildman–Crippen LogP) is 4.59. The van der Waals surface area contributed by atoms with Gasteiger partial charge in [-0.3, -0.25) is 4.79 Å². The summed E-state index contributed by atoms with van der Waals surface area (Å²) in [6.07, 6.45) is 1.72. The van der Waals surface area contributed by atoms with Gasteiger partial charge in [-0.15, -0.1) is 0 Å². The highest BCUT2D eigenvalue weighted by Gasteiger charge is 2.07. The molecule has 132 valence electrons. The molecule has 0 aliphatic heterocycles. The fourth-order valence-corrected chi connectivity index (χ4v) is 2.48. The Morgan fingerprint density at radius 2 is 1.92 bits per heavy atom. The lowest BCUT2D eigenvalue weighted by Crippen LogP contribution is -2.15. The molecular weight excluding hydrogens is 336 g/mol. The van der Waals surface area contributed by atoms with Crippen molar-refractivity contribution in [3.05, 3.63) is 83.6 Å². The van der Waals surface area contributed by atoms with Crippen LogP contribution in [0.5, 0.6) is 0 Å². The van der Waals surface area contributed by atoms with Crippen LogP contribution in [-0.4, -0.2) is 10.9 Å². The fourth-order valence-electron chi connectivity index (χ4n) is 2.48. The van der Waals surface area contributed by atoms with Gasteiger partial charge in [-0.25, -0.2) is 13.8 Å². The van der Waals surface area contributed by atoms with E-state index >= 15 is 0 Å². The number of carbonyl (C=O) groups is 1. The Labute approximate surface area is 149 Å². The van der Waals surface area contributed by atoms with Gasteiger partial charge in [0.2, 0.25) is 5.91 Å². The number of nitrogens with one attached hydrogen (secondary N) is 2. The molecule has 0 saturated carbocycles. The van der Waals surface area contributed by atoms with Gasteiger partial charge in [-0.2, -0.15) is 0 Å². The zero-order valence-corrected chi connectivity index (χ0v) is 14.1. The minimum absolute atomic E-state index is 0.143. The molecule has 1 aromatic heterocycles. The summed E-state index contributed by atoms with van der Waals surface area (Å²) in [5, 5.41) is 5.53. The molecule has 1 amide bonds. The number of amides is 1. The van der Waals surface area contributed by atoms with Crippen LogP contribution in [0.3, 0.4) is 0 Å². The molecule has 0 radical (unpaired) electrons. The van der Waals surface area contributed by atoms with E-state index in [4.69, 9.17) is 0 Å². The van der Waals surface area contributed by atoms with Gasteiger partial charge in [0.1, 0.15) is 17.5 Å². The maximum absolute atomic E-state index is 13.6. The first kappa shape index (κ1) is 17.5. The highest BCUT2D eigenvalue weighted by molar-refractivity contribution is 5.91. The van der Waals surface area contributed by atoms with E-state index in [9.17, 15) is 13.6 Å². The molecule has 0 fully saturated rings. The topological polar surface area (TPSA) is 54.0 Å². The lowest BCUT2D eigenvalue weighted by atomic mass is 10.1. The second-order valence-corrected chi connectivity index (χ2v) is 5.90. The lowest BCUT2D eigenvalue weighted by Gasteiger charge is -2.09. The number of hydrogen-bond donors (Lipinski definition) is 2. The van der Waals surface area contributed by atoms with E-state index in [-0.39, 0.29) is 18.0 Å². The van der Waals surface area contributed by atoms with Gasteiger partial charge < -0.3 is 10.6 Å². The van der Waals surface area contributed by atoms with Crippen LogP contribution in [-0.2, 0) is 11.2 Å². The Hall–Kier alpha value is -3.28. The van der Waals surface area contributed by atoms with Crippen molar-refractivity contribution >= 4 is 23.1 Å². The largest absolute Gasteiger partial charge is 0.352 e. The number of anilines is 3. The van der Waals surface area contributed by atoms with Crippen molar-refractivity contribution in [1.29, 1.82) is 0 Å². The molecule has 3 aromatic rings. The van der Waals surface area contributed by atoms with Crippen LogP contribution in [0.1, 0.15) is 11.1 Å². The molecule has 0 saturated heterocycles. The molecule has 1 heterocycles. The third-order valence-corrected chi connectivity index (χ3v) is 3.69. The van der Waals surface area contributed by atoms with E-state index in [1.54, 1.807) is 12.1 Å². The number of pyridine rings is 1. The van der Waals surface area contributed by atoms with Gasteiger partial charge in [0, 0.05) is 6.07 Å². The van der Waals surface area contributed by atoms with Crippen LogP contribution < -0.4 is 10.6 Å². The summed E-state index contributed by atoms with van der Waals surface area (Å²) in [6, 6.07) is 14.3.